The second-order valence-electron chi connectivity index (χ2n) is 8.46. The molecule has 0 spiro atoms. The van der Waals surface area contributed by atoms with Crippen molar-refractivity contribution in [3.63, 3.8) is 0 Å². The Hall–Kier alpha value is -3.09. The van der Waals surface area contributed by atoms with Gasteiger partial charge >= 0.3 is 0 Å². The molecule has 1 atom stereocenters. The van der Waals surface area contributed by atoms with Crippen molar-refractivity contribution in [3.05, 3.63) is 83.9 Å². The molecule has 1 fully saturated rings. The second-order valence-corrected chi connectivity index (χ2v) is 8.46. The summed E-state index contributed by atoms with van der Waals surface area (Å²) in [6, 6.07) is 15.4. The van der Waals surface area contributed by atoms with Crippen LogP contribution in [0.2, 0.25) is 0 Å². The van der Waals surface area contributed by atoms with Crippen molar-refractivity contribution < 1.29 is 4.39 Å². The highest BCUT2D eigenvalue weighted by molar-refractivity contribution is 5.78. The number of hydrogen-bond acceptors (Lipinski definition) is 5. The zero-order valence-electron chi connectivity index (χ0n) is 19.0. The van der Waals surface area contributed by atoms with Gasteiger partial charge in [0.1, 0.15) is 5.82 Å². The molecule has 1 unspecified atom stereocenters. The first kappa shape index (κ1) is 22.1. The first-order chi connectivity index (χ1) is 15.4. The number of benzene rings is 2. The number of nitrogens with zero attached hydrogens (tertiary/aromatic N) is 4. The maximum atomic E-state index is 13.2. The lowest BCUT2D eigenvalue weighted by Crippen LogP contribution is -2.48. The molecule has 1 N–H and O–H groups in total. The largest absolute Gasteiger partial charge is 0.345 e. The summed E-state index contributed by atoms with van der Waals surface area (Å²) in [4.78, 5) is 13.7. The maximum Gasteiger partial charge on any atom is 0.159 e. The summed E-state index contributed by atoms with van der Waals surface area (Å²) in [5.41, 5.74) is 5.71. The highest BCUT2D eigenvalue weighted by Crippen LogP contribution is 2.26. The van der Waals surface area contributed by atoms with Gasteiger partial charge in [0.25, 0.3) is 0 Å². The van der Waals surface area contributed by atoms with E-state index in [1.807, 2.05) is 14.0 Å². The Morgan fingerprint density at radius 2 is 1.91 bits per heavy atom. The van der Waals surface area contributed by atoms with Gasteiger partial charge in [0, 0.05) is 68.0 Å². The van der Waals surface area contributed by atoms with Crippen LogP contribution in [-0.4, -0.2) is 47.6 Å². The van der Waals surface area contributed by atoms with E-state index in [1.165, 1.54) is 17.7 Å². The molecule has 5 nitrogen and oxygen atoms in total. The van der Waals surface area contributed by atoms with Gasteiger partial charge < -0.3 is 10.2 Å². The van der Waals surface area contributed by atoms with Gasteiger partial charge in [-0.15, -0.1) is 0 Å². The van der Waals surface area contributed by atoms with E-state index in [4.69, 9.17) is 0 Å². The molecular weight excluding hydrogens is 401 g/mol. The fraction of sp³-hybridized carbons (Fsp3) is 0.308. The summed E-state index contributed by atoms with van der Waals surface area (Å²) in [6.45, 7) is 12.6. The summed E-state index contributed by atoms with van der Waals surface area (Å²) in [5, 5.41) is 3.49. The molecule has 0 amide bonds. The van der Waals surface area contributed by atoms with Crippen molar-refractivity contribution in [1.82, 2.24) is 20.2 Å². The highest BCUT2D eigenvalue weighted by atomic mass is 19.1. The molecule has 0 aliphatic carbocycles. The minimum atomic E-state index is -0.273. The van der Waals surface area contributed by atoms with Gasteiger partial charge in [0.05, 0.1) is 5.69 Å². The van der Waals surface area contributed by atoms with Crippen LogP contribution in [0.1, 0.15) is 23.7 Å². The van der Waals surface area contributed by atoms with Crippen molar-refractivity contribution in [1.29, 1.82) is 0 Å². The standard InChI is InChI=1S/C26H30FN5/c1-18-16-32(14-13-28-18)17-21-5-11-24(12-6-21)31(4)20(3)25-15-29-26(30-19(25)2)22-7-9-23(27)10-8-22/h5-12,15,18,28H,3,13-14,16-17H2,1-2,4H3. The van der Waals surface area contributed by atoms with Crippen LogP contribution in [0.25, 0.3) is 17.1 Å². The van der Waals surface area contributed by atoms with Crippen molar-refractivity contribution in [2.45, 2.75) is 26.4 Å². The normalized spacial score (nSPS) is 16.7. The molecular formula is C26H30FN5. The van der Waals surface area contributed by atoms with Crippen molar-refractivity contribution in [2.75, 3.05) is 31.6 Å². The van der Waals surface area contributed by atoms with Crippen molar-refractivity contribution in [3.8, 4) is 11.4 Å². The third-order valence-electron chi connectivity index (χ3n) is 5.98. The van der Waals surface area contributed by atoms with Crippen molar-refractivity contribution in [2.24, 2.45) is 0 Å². The Bertz CT molecular complexity index is 1080. The number of aryl methyl sites for hydroxylation is 1. The van der Waals surface area contributed by atoms with Crippen molar-refractivity contribution >= 4 is 11.4 Å². The quantitative estimate of drug-likeness (QED) is 0.623. The summed E-state index contributed by atoms with van der Waals surface area (Å²) in [6.07, 6.45) is 1.79. The maximum absolute atomic E-state index is 13.2. The third kappa shape index (κ3) is 5.03. The fourth-order valence-electron chi connectivity index (χ4n) is 4.06. The van der Waals surface area contributed by atoms with Gasteiger partial charge in [0.2, 0.25) is 0 Å². The molecule has 0 radical (unpaired) electrons. The molecule has 166 valence electrons. The Morgan fingerprint density at radius 1 is 1.19 bits per heavy atom. The molecule has 1 aliphatic rings. The van der Waals surface area contributed by atoms with Crippen LogP contribution >= 0.6 is 0 Å². The van der Waals surface area contributed by atoms with Crippen LogP contribution in [0.4, 0.5) is 10.1 Å². The number of aromatic nitrogens is 2. The van der Waals surface area contributed by atoms with Gasteiger partial charge in [-0.25, -0.2) is 14.4 Å². The molecule has 2 aromatic carbocycles. The zero-order valence-corrected chi connectivity index (χ0v) is 19.0. The molecule has 1 aromatic heterocycles. The number of halogens is 1. The fourth-order valence-corrected chi connectivity index (χ4v) is 4.06. The van der Waals surface area contributed by atoms with E-state index < -0.39 is 0 Å². The zero-order chi connectivity index (χ0) is 22.7. The highest BCUT2D eigenvalue weighted by Gasteiger charge is 2.16. The minimum Gasteiger partial charge on any atom is -0.345 e. The number of rotatable bonds is 6. The molecule has 1 aliphatic heterocycles. The predicted molar refractivity (Wildman–Crippen MR) is 129 cm³/mol. The van der Waals surface area contributed by atoms with E-state index in [2.05, 4.69) is 62.9 Å². The van der Waals surface area contributed by atoms with Gasteiger partial charge in [-0.2, -0.15) is 0 Å². The van der Waals surface area contributed by atoms with E-state index >= 15 is 0 Å². The first-order valence-corrected chi connectivity index (χ1v) is 11.0. The van der Waals surface area contributed by atoms with Crippen LogP contribution in [-0.2, 0) is 6.54 Å². The lowest BCUT2D eigenvalue weighted by molar-refractivity contribution is 0.199. The van der Waals surface area contributed by atoms with E-state index in [9.17, 15) is 4.39 Å². The average molecular weight is 432 g/mol. The summed E-state index contributed by atoms with van der Waals surface area (Å²) >= 11 is 0. The van der Waals surface area contributed by atoms with Crippen LogP contribution in [0, 0.1) is 12.7 Å². The van der Waals surface area contributed by atoms with Crippen LogP contribution in [0.5, 0.6) is 0 Å². The number of hydrogen-bond donors (Lipinski definition) is 1. The predicted octanol–water partition coefficient (Wildman–Crippen LogP) is 4.49. The Balaban J connectivity index is 1.45. The summed E-state index contributed by atoms with van der Waals surface area (Å²) in [5.74, 6) is 0.305. The summed E-state index contributed by atoms with van der Waals surface area (Å²) < 4.78 is 13.2. The van der Waals surface area contributed by atoms with Gasteiger partial charge in [0.15, 0.2) is 5.82 Å². The monoisotopic (exact) mass is 431 g/mol. The number of piperazine rings is 1. The smallest absolute Gasteiger partial charge is 0.159 e. The number of anilines is 1. The van der Waals surface area contributed by atoms with Gasteiger partial charge in [-0.05, 0) is 55.8 Å². The topological polar surface area (TPSA) is 44.3 Å². The molecule has 0 saturated carbocycles. The molecule has 32 heavy (non-hydrogen) atoms. The molecule has 6 heteroatoms. The second kappa shape index (κ2) is 9.59. The molecule has 4 rings (SSSR count). The lowest BCUT2D eigenvalue weighted by atomic mass is 10.1. The van der Waals surface area contributed by atoms with Gasteiger partial charge in [-0.1, -0.05) is 18.7 Å². The Kier molecular flexibility index (Phi) is 6.63. The molecule has 0 bridgehead atoms. The van der Waals surface area contributed by atoms with E-state index in [-0.39, 0.29) is 5.82 Å². The lowest BCUT2D eigenvalue weighted by Gasteiger charge is -2.32. The third-order valence-corrected chi connectivity index (χ3v) is 5.98. The van der Waals surface area contributed by atoms with Crippen LogP contribution in [0.15, 0.2) is 61.3 Å². The molecule has 2 heterocycles. The Morgan fingerprint density at radius 3 is 2.56 bits per heavy atom. The van der Waals surface area contributed by atoms with E-state index in [0.717, 1.165) is 54.4 Å². The molecule has 3 aromatic rings. The van der Waals surface area contributed by atoms with Gasteiger partial charge in [-0.3, -0.25) is 4.90 Å². The van der Waals surface area contributed by atoms with Crippen LogP contribution < -0.4 is 10.2 Å². The van der Waals surface area contributed by atoms with E-state index in [1.54, 1.807) is 18.3 Å². The van der Waals surface area contributed by atoms with E-state index in [0.29, 0.717) is 11.9 Å². The number of nitrogens with one attached hydrogen (secondary N) is 1. The average Bonchev–Trinajstić information content (AvgIpc) is 2.79. The SMILES string of the molecule is C=C(c1cnc(-c2ccc(F)cc2)nc1C)N(C)c1ccc(CN2CCNC(C)C2)cc1. The minimum absolute atomic E-state index is 0.273. The Labute approximate surface area is 189 Å². The first-order valence-electron chi connectivity index (χ1n) is 11.0. The summed E-state index contributed by atoms with van der Waals surface area (Å²) in [7, 11) is 2.00. The van der Waals surface area contributed by atoms with Crippen LogP contribution in [0.3, 0.4) is 0 Å². The molecule has 1 saturated heterocycles.